The Morgan fingerprint density at radius 3 is 2.56 bits per heavy atom. The number of carbonyl (C=O) groups is 1. The van der Waals surface area contributed by atoms with Gasteiger partial charge in [-0.1, -0.05) is 30.3 Å². The van der Waals surface area contributed by atoms with Gasteiger partial charge in [0.05, 0.1) is 0 Å². The van der Waals surface area contributed by atoms with Gasteiger partial charge in [0.2, 0.25) is 5.91 Å². The first-order valence-electron chi connectivity index (χ1n) is 9.96. The molecule has 0 radical (unpaired) electrons. The van der Waals surface area contributed by atoms with Crippen LogP contribution in [-0.2, 0) is 16.0 Å². The van der Waals surface area contributed by atoms with Crippen molar-refractivity contribution < 1.29 is 9.53 Å². The van der Waals surface area contributed by atoms with Crippen LogP contribution in [0.1, 0.15) is 44.1 Å². The summed E-state index contributed by atoms with van der Waals surface area (Å²) in [6.07, 6.45) is 7.18. The molecule has 0 N–H and O–H groups in total. The molecule has 1 aromatic carbocycles. The zero-order chi connectivity index (χ0) is 17.3. The van der Waals surface area contributed by atoms with E-state index in [0.717, 1.165) is 52.0 Å². The number of nitrogens with zero attached hydrogens (tertiary/aromatic N) is 2. The van der Waals surface area contributed by atoms with E-state index in [1.165, 1.54) is 31.5 Å². The number of aryl methyl sites for hydroxylation is 1. The number of hydrogen-bond acceptors (Lipinski definition) is 3. The van der Waals surface area contributed by atoms with Gasteiger partial charge in [-0.15, -0.1) is 0 Å². The van der Waals surface area contributed by atoms with Gasteiger partial charge in [-0.05, 0) is 57.2 Å². The Bertz CT molecular complexity index is 508. The van der Waals surface area contributed by atoms with Crippen LogP contribution in [0.5, 0.6) is 0 Å². The van der Waals surface area contributed by atoms with E-state index < -0.39 is 0 Å². The molecule has 3 rings (SSSR count). The lowest BCUT2D eigenvalue weighted by atomic mass is 10.0. The van der Waals surface area contributed by atoms with Crippen molar-refractivity contribution in [3.05, 3.63) is 35.9 Å². The molecule has 0 spiro atoms. The first kappa shape index (κ1) is 18.4. The maximum Gasteiger partial charge on any atom is 0.222 e. The van der Waals surface area contributed by atoms with Gasteiger partial charge in [0, 0.05) is 38.8 Å². The molecule has 2 saturated heterocycles. The number of ether oxygens (including phenoxy) is 1. The van der Waals surface area contributed by atoms with Gasteiger partial charge >= 0.3 is 0 Å². The SMILES string of the molecule is O=C(CCCc1ccccc1)N(CCN1CCCC1)C1CCOCC1. The average Bonchev–Trinajstić information content (AvgIpc) is 3.17. The summed E-state index contributed by atoms with van der Waals surface area (Å²) in [6.45, 7) is 5.90. The van der Waals surface area contributed by atoms with E-state index in [1.54, 1.807) is 0 Å². The number of hydrogen-bond donors (Lipinski definition) is 0. The Kier molecular flexibility index (Phi) is 7.31. The van der Waals surface area contributed by atoms with Crippen molar-refractivity contribution in [1.29, 1.82) is 0 Å². The minimum Gasteiger partial charge on any atom is -0.381 e. The Labute approximate surface area is 152 Å². The van der Waals surface area contributed by atoms with Crippen LogP contribution in [0.4, 0.5) is 0 Å². The van der Waals surface area contributed by atoms with Gasteiger partial charge in [0.15, 0.2) is 0 Å². The molecule has 2 aliphatic rings. The molecule has 0 atom stereocenters. The fourth-order valence-electron chi connectivity index (χ4n) is 4.00. The lowest BCUT2D eigenvalue weighted by Gasteiger charge is -2.35. The third-order valence-electron chi connectivity index (χ3n) is 5.51. The number of amides is 1. The molecule has 0 saturated carbocycles. The van der Waals surface area contributed by atoms with Gasteiger partial charge in [0.1, 0.15) is 0 Å². The maximum absolute atomic E-state index is 12.9. The quantitative estimate of drug-likeness (QED) is 0.726. The third-order valence-corrected chi connectivity index (χ3v) is 5.51. The van der Waals surface area contributed by atoms with E-state index in [9.17, 15) is 4.79 Å². The van der Waals surface area contributed by atoms with E-state index >= 15 is 0 Å². The van der Waals surface area contributed by atoms with Gasteiger partial charge < -0.3 is 14.5 Å². The first-order valence-corrected chi connectivity index (χ1v) is 9.96. The van der Waals surface area contributed by atoms with Crippen LogP contribution in [-0.4, -0.2) is 61.1 Å². The van der Waals surface area contributed by atoms with E-state index in [4.69, 9.17) is 4.74 Å². The summed E-state index contributed by atoms with van der Waals surface area (Å²) >= 11 is 0. The van der Waals surface area contributed by atoms with Crippen LogP contribution in [0.3, 0.4) is 0 Å². The van der Waals surface area contributed by atoms with Gasteiger partial charge in [-0.25, -0.2) is 0 Å². The van der Waals surface area contributed by atoms with Crippen molar-refractivity contribution in [2.24, 2.45) is 0 Å². The molecule has 1 aromatic rings. The molecule has 2 aliphatic heterocycles. The molecule has 4 heteroatoms. The molecule has 25 heavy (non-hydrogen) atoms. The van der Waals surface area contributed by atoms with E-state index in [2.05, 4.69) is 34.1 Å². The highest BCUT2D eigenvalue weighted by Gasteiger charge is 2.26. The monoisotopic (exact) mass is 344 g/mol. The Hall–Kier alpha value is -1.39. The number of likely N-dealkylation sites (tertiary alicyclic amines) is 1. The lowest BCUT2D eigenvalue weighted by Crippen LogP contribution is -2.46. The van der Waals surface area contributed by atoms with Gasteiger partial charge in [0.25, 0.3) is 0 Å². The second-order valence-electron chi connectivity index (χ2n) is 7.32. The van der Waals surface area contributed by atoms with Gasteiger partial charge in [-0.2, -0.15) is 0 Å². The number of rotatable bonds is 8. The fourth-order valence-corrected chi connectivity index (χ4v) is 4.00. The first-order chi connectivity index (χ1) is 12.3. The average molecular weight is 344 g/mol. The topological polar surface area (TPSA) is 32.8 Å². The van der Waals surface area contributed by atoms with E-state index in [0.29, 0.717) is 18.4 Å². The lowest BCUT2D eigenvalue weighted by molar-refractivity contribution is -0.135. The largest absolute Gasteiger partial charge is 0.381 e. The number of benzene rings is 1. The highest BCUT2D eigenvalue weighted by molar-refractivity contribution is 5.76. The molecule has 138 valence electrons. The third kappa shape index (κ3) is 5.82. The summed E-state index contributed by atoms with van der Waals surface area (Å²) in [7, 11) is 0. The fraction of sp³-hybridized carbons (Fsp3) is 0.667. The molecule has 2 fully saturated rings. The second kappa shape index (κ2) is 9.93. The molecule has 0 bridgehead atoms. The molecule has 1 amide bonds. The standard InChI is InChI=1S/C21H32N2O2/c24-21(10-6-9-19-7-2-1-3-8-19)23(20-11-17-25-18-12-20)16-15-22-13-4-5-14-22/h1-3,7-8,20H,4-6,9-18H2. The van der Waals surface area contributed by atoms with Crippen molar-refractivity contribution in [3.8, 4) is 0 Å². The molecule has 4 nitrogen and oxygen atoms in total. The van der Waals surface area contributed by atoms with Crippen LogP contribution in [0.15, 0.2) is 30.3 Å². The molecule has 2 heterocycles. The minimum absolute atomic E-state index is 0.335. The van der Waals surface area contributed by atoms with Crippen LogP contribution in [0.25, 0.3) is 0 Å². The van der Waals surface area contributed by atoms with Crippen LogP contribution >= 0.6 is 0 Å². The zero-order valence-electron chi connectivity index (χ0n) is 15.4. The predicted octanol–water partition coefficient (Wildman–Crippen LogP) is 3.11. The summed E-state index contributed by atoms with van der Waals surface area (Å²) < 4.78 is 5.50. The normalized spacial score (nSPS) is 19.2. The molecule has 0 aliphatic carbocycles. The van der Waals surface area contributed by atoms with Crippen molar-refractivity contribution in [1.82, 2.24) is 9.80 Å². The van der Waals surface area contributed by atoms with Crippen LogP contribution in [0.2, 0.25) is 0 Å². The van der Waals surface area contributed by atoms with Crippen molar-refractivity contribution >= 4 is 5.91 Å². The minimum atomic E-state index is 0.335. The highest BCUT2D eigenvalue weighted by Crippen LogP contribution is 2.17. The highest BCUT2D eigenvalue weighted by atomic mass is 16.5. The maximum atomic E-state index is 12.9. The molecular weight excluding hydrogens is 312 g/mol. The Morgan fingerprint density at radius 1 is 1.12 bits per heavy atom. The Morgan fingerprint density at radius 2 is 1.84 bits per heavy atom. The molecular formula is C21H32N2O2. The summed E-state index contributed by atoms with van der Waals surface area (Å²) in [6, 6.07) is 10.9. The van der Waals surface area contributed by atoms with Crippen molar-refractivity contribution in [2.45, 2.75) is 51.0 Å². The van der Waals surface area contributed by atoms with Crippen LogP contribution in [0, 0.1) is 0 Å². The second-order valence-corrected chi connectivity index (χ2v) is 7.32. The Balaban J connectivity index is 1.50. The molecule has 0 unspecified atom stereocenters. The summed E-state index contributed by atoms with van der Waals surface area (Å²) in [4.78, 5) is 17.6. The van der Waals surface area contributed by atoms with Gasteiger partial charge in [-0.3, -0.25) is 4.79 Å². The molecule has 0 aromatic heterocycles. The zero-order valence-corrected chi connectivity index (χ0v) is 15.4. The summed E-state index contributed by atoms with van der Waals surface area (Å²) in [5, 5.41) is 0. The van der Waals surface area contributed by atoms with Crippen LogP contribution < -0.4 is 0 Å². The summed E-state index contributed by atoms with van der Waals surface area (Å²) in [5.74, 6) is 0.335. The van der Waals surface area contributed by atoms with Crippen molar-refractivity contribution in [2.75, 3.05) is 39.4 Å². The van der Waals surface area contributed by atoms with E-state index in [-0.39, 0.29) is 0 Å². The number of carbonyl (C=O) groups excluding carboxylic acids is 1. The smallest absolute Gasteiger partial charge is 0.222 e. The van der Waals surface area contributed by atoms with Crippen molar-refractivity contribution in [3.63, 3.8) is 0 Å². The predicted molar refractivity (Wildman–Crippen MR) is 101 cm³/mol. The van der Waals surface area contributed by atoms with E-state index in [1.807, 2.05) is 6.07 Å². The summed E-state index contributed by atoms with van der Waals surface area (Å²) in [5.41, 5.74) is 1.32.